The Kier molecular flexibility index (Phi) is 28.0. The van der Waals surface area contributed by atoms with Crippen LogP contribution in [-0.4, -0.2) is 117 Å². The predicted molar refractivity (Wildman–Crippen MR) is 423 cm³/mol. The maximum atomic E-state index is 13.5. The number of carbonyl (C=O) groups is 7. The average molecular weight is 1550 g/mol. The van der Waals surface area contributed by atoms with Crippen molar-refractivity contribution < 1.29 is 65.8 Å². The summed E-state index contributed by atoms with van der Waals surface area (Å²) >= 11 is 5.45. The second kappa shape index (κ2) is 36.2. The maximum absolute atomic E-state index is 13.5. The molecule has 0 aliphatic carbocycles. The van der Waals surface area contributed by atoms with Crippen LogP contribution < -0.4 is 32.3 Å². The van der Waals surface area contributed by atoms with E-state index in [2.05, 4.69) is 116 Å². The van der Waals surface area contributed by atoms with Gasteiger partial charge in [0.1, 0.15) is 17.5 Å². The third kappa shape index (κ3) is 22.2. The number of aliphatic hydroxyl groups is 1. The number of aryl methyl sites for hydroxylation is 3. The maximum Gasteiger partial charge on any atom is 0.300 e. The molecule has 3 aromatic heterocycles. The molecule has 3 atom stereocenters. The molecule has 3 aliphatic rings. The van der Waals surface area contributed by atoms with Gasteiger partial charge in [-0.1, -0.05) is 77.9 Å². The lowest BCUT2D eigenvalue weighted by Crippen LogP contribution is -2.41. The van der Waals surface area contributed by atoms with Crippen molar-refractivity contribution in [2.75, 3.05) is 36.2 Å². The van der Waals surface area contributed by atoms with Crippen LogP contribution in [0.4, 0.5) is 30.2 Å². The number of nitrogens with one attached hydrogen (secondary N) is 5. The lowest BCUT2D eigenvalue weighted by molar-refractivity contribution is -0.134. The number of anilines is 3. The highest BCUT2D eigenvalue weighted by Gasteiger charge is 2.39. The summed E-state index contributed by atoms with van der Waals surface area (Å²) < 4.78 is 57.7. The molecule has 12 rings (SSSR count). The van der Waals surface area contributed by atoms with Crippen molar-refractivity contribution in [3.05, 3.63) is 214 Å². The van der Waals surface area contributed by atoms with E-state index in [4.69, 9.17) is 36.1 Å². The second-order valence-electron chi connectivity index (χ2n) is 29.9. The van der Waals surface area contributed by atoms with E-state index in [1.807, 2.05) is 72.9 Å². The van der Waals surface area contributed by atoms with Crippen LogP contribution in [0.2, 0.25) is 36.3 Å². The van der Waals surface area contributed by atoms with Crippen molar-refractivity contribution in [2.45, 2.75) is 162 Å². The van der Waals surface area contributed by atoms with E-state index in [-0.39, 0.29) is 82.9 Å². The summed E-state index contributed by atoms with van der Waals surface area (Å²) in [5.74, 6) is -4.53. The molecule has 3 aliphatic heterocycles. The van der Waals surface area contributed by atoms with Gasteiger partial charge in [0.15, 0.2) is 16.6 Å². The lowest BCUT2D eigenvalue weighted by Gasteiger charge is -2.36. The third-order valence-electron chi connectivity index (χ3n) is 20.0. The predicted octanol–water partition coefficient (Wildman–Crippen LogP) is 14.4. The van der Waals surface area contributed by atoms with Crippen molar-refractivity contribution in [3.8, 4) is 0 Å². The third-order valence-corrected chi connectivity index (χ3v) is 29.3. The number of nitrogens with zero attached hydrogens (tertiary/aromatic N) is 6. The van der Waals surface area contributed by atoms with Crippen molar-refractivity contribution in [1.82, 2.24) is 45.3 Å². The van der Waals surface area contributed by atoms with Gasteiger partial charge < -0.3 is 51.4 Å². The molecule has 29 heteroatoms. The molecule has 0 unspecified atom stereocenters. The summed E-state index contributed by atoms with van der Waals surface area (Å²) in [6.07, 6.45) is 9.97. The Bertz CT molecular complexity index is 4920. The molecule has 6 aromatic carbocycles. The smallest absolute Gasteiger partial charge is 0.300 e. The SMILES string of the molecule is CC(=O)O.Cc1cc2cnn(CCO)c2cc1NC(=O)C1=CNC(=O)C[C@H]1c1ccc(F)cc1.Cc1cc2cnn(CCO[Si](C)(C)C(C)(C)C)c2cc1N.Cc1cc2cnn(CCO[Si](C)(C)C(C)(C)C)c2cc1NC(=O)C1=CNC(=O)C[C@H]1c1ccc(F)cc1.O=C1C[C@@H](c2ccc(F)cc2)C(C(=O)Cl)=CN1. The molecule has 9 N–H and O–H groups in total. The van der Waals surface area contributed by atoms with Gasteiger partial charge in [0, 0.05) is 112 Å². The highest BCUT2D eigenvalue weighted by molar-refractivity contribution is 6.74. The fourth-order valence-electron chi connectivity index (χ4n) is 11.7. The Morgan fingerprint density at radius 2 is 0.835 bits per heavy atom. The number of amides is 5. The average Bonchev–Trinajstić information content (AvgIpc) is 1.81. The zero-order valence-electron chi connectivity index (χ0n) is 63.8. The van der Waals surface area contributed by atoms with Crippen LogP contribution in [0.15, 0.2) is 163 Å². The number of allylic oxidation sites excluding steroid dienone is 1. The molecule has 0 saturated heterocycles. The van der Waals surface area contributed by atoms with Gasteiger partial charge in [0.05, 0.1) is 74.6 Å². The van der Waals surface area contributed by atoms with Crippen molar-refractivity contribution in [1.29, 1.82) is 0 Å². The number of carboxylic acid groups (broad SMARTS) is 1. The lowest BCUT2D eigenvalue weighted by atomic mass is 9.86. The van der Waals surface area contributed by atoms with Crippen LogP contribution in [0.1, 0.15) is 119 Å². The fraction of sp³-hybridized carbons (Fsp3) is 0.350. The van der Waals surface area contributed by atoms with E-state index >= 15 is 0 Å². The van der Waals surface area contributed by atoms with Gasteiger partial charge in [-0.05, 0) is 175 Å². The Morgan fingerprint density at radius 3 is 1.16 bits per heavy atom. The van der Waals surface area contributed by atoms with Crippen LogP contribution >= 0.6 is 11.6 Å². The summed E-state index contributed by atoms with van der Waals surface area (Å²) in [6, 6.07) is 29.1. The molecule has 0 fully saturated rings. The van der Waals surface area contributed by atoms with Gasteiger partial charge in [0.25, 0.3) is 17.8 Å². The van der Waals surface area contributed by atoms with Crippen molar-refractivity contribution in [2.24, 2.45) is 0 Å². The van der Waals surface area contributed by atoms with Crippen LogP contribution in [-0.2, 0) is 62.0 Å². The number of carboxylic acids is 1. The summed E-state index contributed by atoms with van der Waals surface area (Å²) in [6.45, 7) is 32.3. The highest BCUT2D eigenvalue weighted by atomic mass is 35.5. The first-order chi connectivity index (χ1) is 51.2. The zero-order valence-corrected chi connectivity index (χ0v) is 66.5. The number of nitrogen functional groups attached to an aromatic ring is 1. The zero-order chi connectivity index (χ0) is 80.0. The molecule has 0 radical (unpaired) electrons. The minimum Gasteiger partial charge on any atom is -0.481 e. The number of hydrogen-bond acceptors (Lipinski definition) is 14. The number of aliphatic carboxylic acids is 1. The molecule has 6 heterocycles. The highest BCUT2D eigenvalue weighted by Crippen LogP contribution is 2.40. The molecular formula is C80H96ClF3N12O11Si2. The number of benzene rings is 6. The standard InChI is InChI=1S/C28H35FN4O3Si.C22H21FN4O3.C16H27N3OSi.C12H9ClFNO2.C2H4O2/c1-18-13-20-16-31-33(11-12-36-37(5,6)28(2,3)4)25(20)15-24(18)32-27(35)23-17-30-26(34)14-22(23)19-7-9-21(29)10-8-19;1-13-8-15-11-25-27(6-7-28)20(15)10-19(13)26-22(30)18-12-24-21(29)9-17(18)14-2-4-16(23)5-3-14;1-12-9-13-11-18-19(15(13)10-14(12)17)7-8-20-21(5,6)16(2,3)4;13-12(17)10-6-15-11(16)5-9(10)7-1-3-8(14)4-2-7;1-2(3)4/h7-10,13,15-17,22H,11-12,14H2,1-6H3,(H,30,34)(H,32,35);2-5,8,10-12,17,28H,6-7,9H2,1H3,(H,24,29)(H,26,30);9-11H,7-8,17H2,1-6H3;1-4,6,9H,5H2,(H,15,16);1H3,(H,3,4)/t22-;17-;;9-;/m00.0./s1. The minimum absolute atomic E-state index is 0.0434. The molecule has 109 heavy (non-hydrogen) atoms. The normalized spacial score (nSPS) is 15.9. The second-order valence-corrected chi connectivity index (χ2v) is 39.9. The molecule has 9 aromatic rings. The summed E-state index contributed by atoms with van der Waals surface area (Å²) in [5.41, 5.74) is 17.0. The van der Waals surface area contributed by atoms with E-state index in [1.165, 1.54) is 55.0 Å². The number of hydrogen-bond donors (Lipinski definition) is 8. The van der Waals surface area contributed by atoms with E-state index in [1.54, 1.807) is 47.3 Å². The Labute approximate surface area is 638 Å². The van der Waals surface area contributed by atoms with E-state index in [0.29, 0.717) is 71.1 Å². The number of fused-ring (bicyclic) bond motifs is 3. The fourth-order valence-corrected chi connectivity index (χ4v) is 13.9. The topological polar surface area (TPSA) is 318 Å². The van der Waals surface area contributed by atoms with Gasteiger partial charge in [-0.25, -0.2) is 13.2 Å². The summed E-state index contributed by atoms with van der Waals surface area (Å²) in [5, 5.41) is 46.3. The Morgan fingerprint density at radius 1 is 0.532 bits per heavy atom. The molecular weight excluding hydrogens is 1450 g/mol. The minimum atomic E-state index is -1.86. The number of carbonyl (C=O) groups excluding carboxylic acids is 6. The van der Waals surface area contributed by atoms with Gasteiger partial charge in [-0.3, -0.25) is 47.6 Å². The summed E-state index contributed by atoms with van der Waals surface area (Å²) in [4.78, 5) is 82.0. The van der Waals surface area contributed by atoms with Crippen molar-refractivity contribution >= 4 is 119 Å². The quantitative estimate of drug-likeness (QED) is 0.0225. The van der Waals surface area contributed by atoms with Crippen LogP contribution in [0.25, 0.3) is 32.7 Å². The first-order valence-electron chi connectivity index (χ1n) is 35.5. The van der Waals surface area contributed by atoms with Crippen LogP contribution in [0.3, 0.4) is 0 Å². The molecule has 0 spiro atoms. The first-order valence-corrected chi connectivity index (χ1v) is 41.7. The number of rotatable bonds is 18. The van der Waals surface area contributed by atoms with E-state index in [0.717, 1.165) is 68.6 Å². The van der Waals surface area contributed by atoms with E-state index < -0.39 is 45.6 Å². The number of nitrogens with two attached hydrogens (primary N) is 1. The number of aliphatic hydroxyl groups excluding tert-OH is 1. The molecule has 23 nitrogen and oxygen atoms in total. The van der Waals surface area contributed by atoms with Crippen LogP contribution in [0, 0.1) is 38.2 Å². The summed E-state index contributed by atoms with van der Waals surface area (Å²) in [7, 11) is -3.56. The largest absolute Gasteiger partial charge is 0.481 e. The Balaban J connectivity index is 0.000000187. The van der Waals surface area contributed by atoms with Gasteiger partial charge >= 0.3 is 0 Å². The van der Waals surface area contributed by atoms with Gasteiger partial charge in [-0.2, -0.15) is 15.3 Å². The molecule has 0 saturated carbocycles. The molecule has 578 valence electrons. The molecule has 5 amide bonds. The first kappa shape index (κ1) is 84.3. The monoisotopic (exact) mass is 1550 g/mol. The molecule has 0 bridgehead atoms. The number of halogens is 4. The Hall–Kier alpha value is -10.4. The van der Waals surface area contributed by atoms with Gasteiger partial charge in [0.2, 0.25) is 23.0 Å². The van der Waals surface area contributed by atoms with Crippen molar-refractivity contribution in [3.63, 3.8) is 0 Å². The van der Waals surface area contributed by atoms with E-state index in [9.17, 15) is 47.0 Å². The van der Waals surface area contributed by atoms with Crippen LogP contribution in [0.5, 0.6) is 0 Å². The van der Waals surface area contributed by atoms with Gasteiger partial charge in [-0.15, -0.1) is 0 Å². The number of aromatic nitrogens is 6.